The summed E-state index contributed by atoms with van der Waals surface area (Å²) in [5.41, 5.74) is 4.34. The quantitative estimate of drug-likeness (QED) is 0.516. The van der Waals surface area contributed by atoms with Crippen LogP contribution < -0.4 is 5.73 Å². The molecule has 4 N–H and O–H groups in total. The number of carbonyl (C=O) groups is 1. The van der Waals surface area contributed by atoms with Crippen molar-refractivity contribution in [2.75, 3.05) is 0 Å². The number of carboxylic acid groups (broad SMARTS) is 1. The molecule has 2 atom stereocenters. The van der Waals surface area contributed by atoms with Crippen molar-refractivity contribution in [3.63, 3.8) is 0 Å². The first-order valence-corrected chi connectivity index (χ1v) is 2.50. The van der Waals surface area contributed by atoms with Crippen LogP contribution in [0.25, 0.3) is 0 Å². The molecular weight excluding hydrogens is 167 g/mol. The molecule has 11 heavy (non-hydrogen) atoms. The Kier molecular flexibility index (Phi) is 2.83. The lowest BCUT2D eigenvalue weighted by atomic mass is 10.2. The van der Waals surface area contributed by atoms with E-state index in [1.807, 2.05) is 0 Å². The summed E-state index contributed by atoms with van der Waals surface area (Å²) in [6.45, 7) is 0. The number of aliphatic hydroxyl groups is 1. The minimum Gasteiger partial charge on any atom is -0.479 e. The Labute approximate surface area is 59.4 Å². The van der Waals surface area contributed by atoms with Crippen LogP contribution in [0.2, 0.25) is 0 Å². The van der Waals surface area contributed by atoms with E-state index in [0.29, 0.717) is 0 Å². The largest absolute Gasteiger partial charge is 0.479 e. The Morgan fingerprint density at radius 1 is 1.45 bits per heavy atom. The van der Waals surface area contributed by atoms with Gasteiger partial charge >= 0.3 is 12.1 Å². The summed E-state index contributed by atoms with van der Waals surface area (Å²) in [7, 11) is 0. The number of hydrogen-bond acceptors (Lipinski definition) is 3. The molecule has 0 radical (unpaired) electrons. The molecule has 66 valence electrons. The van der Waals surface area contributed by atoms with E-state index in [4.69, 9.17) is 10.2 Å². The molecule has 2 unspecified atom stereocenters. The third-order valence-electron chi connectivity index (χ3n) is 0.971. The molecule has 0 aliphatic carbocycles. The smallest absolute Gasteiger partial charge is 0.406 e. The molecule has 0 amide bonds. The molecular formula is C4H6F3NO3. The topological polar surface area (TPSA) is 83.5 Å². The van der Waals surface area contributed by atoms with Crippen LogP contribution in [0.3, 0.4) is 0 Å². The lowest BCUT2D eigenvalue weighted by Gasteiger charge is -2.17. The van der Waals surface area contributed by atoms with E-state index in [1.165, 1.54) is 0 Å². The van der Waals surface area contributed by atoms with Gasteiger partial charge in [-0.1, -0.05) is 0 Å². The first kappa shape index (κ1) is 10.2. The van der Waals surface area contributed by atoms with Crippen LogP contribution >= 0.6 is 0 Å². The molecule has 0 saturated heterocycles. The fourth-order valence-electron chi connectivity index (χ4n) is 0.333. The molecule has 0 aliphatic heterocycles. The number of carboxylic acids is 1. The van der Waals surface area contributed by atoms with E-state index < -0.39 is 24.3 Å². The third-order valence-corrected chi connectivity index (χ3v) is 0.971. The zero-order valence-corrected chi connectivity index (χ0v) is 5.17. The second-order valence-electron chi connectivity index (χ2n) is 1.85. The first-order valence-electron chi connectivity index (χ1n) is 2.50. The van der Waals surface area contributed by atoms with Crippen molar-refractivity contribution in [3.05, 3.63) is 0 Å². The van der Waals surface area contributed by atoms with Crippen LogP contribution in [-0.2, 0) is 4.79 Å². The second kappa shape index (κ2) is 3.05. The van der Waals surface area contributed by atoms with Crippen molar-refractivity contribution in [2.45, 2.75) is 18.3 Å². The standard InChI is InChI=1S/C4H6F3NO3/c5-4(6,7)2(8)1(9)3(10)11/h1-2,9H,8H2,(H,10,11). The molecule has 0 aromatic carbocycles. The van der Waals surface area contributed by atoms with E-state index >= 15 is 0 Å². The maximum atomic E-state index is 11.5. The number of aliphatic carboxylic acids is 1. The highest BCUT2D eigenvalue weighted by molar-refractivity contribution is 5.73. The molecule has 0 bridgehead atoms. The highest BCUT2D eigenvalue weighted by Gasteiger charge is 2.44. The third kappa shape index (κ3) is 2.72. The van der Waals surface area contributed by atoms with Crippen molar-refractivity contribution in [1.29, 1.82) is 0 Å². The summed E-state index contributed by atoms with van der Waals surface area (Å²) >= 11 is 0. The Morgan fingerprint density at radius 2 is 1.82 bits per heavy atom. The molecule has 0 aromatic heterocycles. The molecule has 0 spiro atoms. The molecule has 4 nitrogen and oxygen atoms in total. The second-order valence-corrected chi connectivity index (χ2v) is 1.85. The molecule has 0 fully saturated rings. The lowest BCUT2D eigenvalue weighted by molar-refractivity contribution is -0.182. The van der Waals surface area contributed by atoms with Gasteiger partial charge in [0, 0.05) is 0 Å². The molecule has 0 rings (SSSR count). The van der Waals surface area contributed by atoms with Crippen molar-refractivity contribution in [1.82, 2.24) is 0 Å². The molecule has 0 saturated carbocycles. The molecule has 7 heteroatoms. The van der Waals surface area contributed by atoms with Gasteiger partial charge in [0.15, 0.2) is 6.10 Å². The van der Waals surface area contributed by atoms with Crippen LogP contribution in [0.15, 0.2) is 0 Å². The minimum atomic E-state index is -4.89. The molecule has 0 aliphatic rings. The van der Waals surface area contributed by atoms with Crippen molar-refractivity contribution in [2.24, 2.45) is 5.73 Å². The van der Waals surface area contributed by atoms with E-state index in [2.05, 4.69) is 5.73 Å². The lowest BCUT2D eigenvalue weighted by Crippen LogP contribution is -2.50. The van der Waals surface area contributed by atoms with E-state index in [1.54, 1.807) is 0 Å². The van der Waals surface area contributed by atoms with Crippen molar-refractivity contribution >= 4 is 5.97 Å². The predicted octanol–water partition coefficient (Wildman–Crippen LogP) is -0.679. The fourth-order valence-corrected chi connectivity index (χ4v) is 0.333. The first-order chi connectivity index (χ1) is 4.76. The van der Waals surface area contributed by atoms with Gasteiger partial charge in [-0.2, -0.15) is 13.2 Å². The summed E-state index contributed by atoms with van der Waals surface area (Å²) in [4.78, 5) is 9.76. The summed E-state index contributed by atoms with van der Waals surface area (Å²) in [6.07, 6.45) is -7.49. The van der Waals surface area contributed by atoms with Crippen molar-refractivity contribution in [3.8, 4) is 0 Å². The highest BCUT2D eigenvalue weighted by atomic mass is 19.4. The van der Waals surface area contributed by atoms with Crippen LogP contribution in [0.5, 0.6) is 0 Å². The summed E-state index contributed by atoms with van der Waals surface area (Å²) in [5.74, 6) is -1.99. The van der Waals surface area contributed by atoms with Gasteiger partial charge in [-0.25, -0.2) is 4.79 Å². The number of halogens is 3. The predicted molar refractivity (Wildman–Crippen MR) is 27.7 cm³/mol. The van der Waals surface area contributed by atoms with E-state index in [-0.39, 0.29) is 0 Å². The van der Waals surface area contributed by atoms with E-state index in [9.17, 15) is 18.0 Å². The molecule has 0 heterocycles. The minimum absolute atomic E-state index is 1.99. The average Bonchev–Trinajstić information content (AvgIpc) is 1.82. The summed E-state index contributed by atoms with van der Waals surface area (Å²) < 4.78 is 34.5. The number of rotatable bonds is 2. The van der Waals surface area contributed by atoms with Gasteiger partial charge in [0.2, 0.25) is 0 Å². The van der Waals surface area contributed by atoms with Gasteiger partial charge in [0.05, 0.1) is 0 Å². The van der Waals surface area contributed by atoms with E-state index in [0.717, 1.165) is 0 Å². The van der Waals surface area contributed by atoms with Gasteiger partial charge in [-0.15, -0.1) is 0 Å². The van der Waals surface area contributed by atoms with Crippen LogP contribution in [-0.4, -0.2) is 34.5 Å². The maximum absolute atomic E-state index is 11.5. The Hall–Kier alpha value is -0.820. The Morgan fingerprint density at radius 3 is 1.91 bits per heavy atom. The van der Waals surface area contributed by atoms with Crippen LogP contribution in [0.1, 0.15) is 0 Å². The maximum Gasteiger partial charge on any atom is 0.406 e. The number of nitrogens with two attached hydrogens (primary N) is 1. The van der Waals surface area contributed by atoms with Gasteiger partial charge in [-0.05, 0) is 0 Å². The van der Waals surface area contributed by atoms with Crippen LogP contribution in [0, 0.1) is 0 Å². The summed E-state index contributed by atoms with van der Waals surface area (Å²) in [6, 6.07) is -2.74. The number of alkyl halides is 3. The Bertz CT molecular complexity index is 157. The molecule has 0 aromatic rings. The fraction of sp³-hybridized carbons (Fsp3) is 0.750. The number of aliphatic hydroxyl groups excluding tert-OH is 1. The van der Waals surface area contributed by atoms with Gasteiger partial charge in [0.25, 0.3) is 0 Å². The Balaban J connectivity index is 4.25. The monoisotopic (exact) mass is 173 g/mol. The van der Waals surface area contributed by atoms with Gasteiger partial charge in [0.1, 0.15) is 6.04 Å². The van der Waals surface area contributed by atoms with Gasteiger partial charge < -0.3 is 15.9 Å². The highest BCUT2D eigenvalue weighted by Crippen LogP contribution is 2.20. The van der Waals surface area contributed by atoms with Crippen molar-refractivity contribution < 1.29 is 28.2 Å². The number of hydrogen-bond donors (Lipinski definition) is 3. The summed E-state index contributed by atoms with van der Waals surface area (Å²) in [5, 5.41) is 16.2. The average molecular weight is 173 g/mol. The van der Waals surface area contributed by atoms with Crippen LogP contribution in [0.4, 0.5) is 13.2 Å². The zero-order valence-electron chi connectivity index (χ0n) is 5.17. The normalized spacial score (nSPS) is 17.5. The SMILES string of the molecule is NC(C(O)C(=O)O)C(F)(F)F. The zero-order chi connectivity index (χ0) is 9.23. The van der Waals surface area contributed by atoms with Gasteiger partial charge in [-0.3, -0.25) is 0 Å².